The van der Waals surface area contributed by atoms with Crippen molar-refractivity contribution in [3.05, 3.63) is 65.2 Å². The van der Waals surface area contributed by atoms with E-state index in [0.717, 1.165) is 31.2 Å². The molecule has 1 aromatic heterocycles. The minimum atomic E-state index is 0.157. The standard InChI is InChI=1S/C18H17ClN2OS2/c19-15-8-6-13(7-9-15)12-20-18-21-16(14-4-2-1-3-5-14)17(24-18)23-11-10-22/h1-9,22H,10-12H2,(H,20,21). The Morgan fingerprint density at radius 3 is 2.54 bits per heavy atom. The van der Waals surface area contributed by atoms with Crippen LogP contribution >= 0.6 is 34.7 Å². The second-order valence-corrected chi connectivity index (χ2v) is 7.87. The second kappa shape index (κ2) is 8.53. The van der Waals surface area contributed by atoms with Crippen molar-refractivity contribution in [3.63, 3.8) is 0 Å². The van der Waals surface area contributed by atoms with E-state index < -0.39 is 0 Å². The van der Waals surface area contributed by atoms with Crippen LogP contribution in [0.2, 0.25) is 5.02 Å². The predicted octanol–water partition coefficient (Wildman–Crippen LogP) is 5.16. The summed E-state index contributed by atoms with van der Waals surface area (Å²) in [4.78, 5) is 4.74. The molecule has 0 aliphatic carbocycles. The Labute approximate surface area is 154 Å². The maximum absolute atomic E-state index is 9.11. The van der Waals surface area contributed by atoms with Gasteiger partial charge in [0.1, 0.15) is 0 Å². The highest BCUT2D eigenvalue weighted by atomic mass is 35.5. The van der Waals surface area contributed by atoms with Gasteiger partial charge in [0.2, 0.25) is 0 Å². The van der Waals surface area contributed by atoms with E-state index in [-0.39, 0.29) is 6.61 Å². The molecule has 0 aliphatic heterocycles. The average Bonchev–Trinajstić information content (AvgIpc) is 3.03. The maximum Gasteiger partial charge on any atom is 0.184 e. The zero-order chi connectivity index (χ0) is 16.8. The van der Waals surface area contributed by atoms with Gasteiger partial charge in [-0.2, -0.15) is 0 Å². The lowest BCUT2D eigenvalue weighted by atomic mass is 10.2. The number of anilines is 1. The smallest absolute Gasteiger partial charge is 0.184 e. The highest BCUT2D eigenvalue weighted by molar-refractivity contribution is 8.01. The molecule has 3 aromatic rings. The Hall–Kier alpha value is -1.53. The van der Waals surface area contributed by atoms with E-state index in [1.807, 2.05) is 42.5 Å². The third-order valence-corrected chi connectivity index (χ3v) is 5.83. The zero-order valence-corrected chi connectivity index (χ0v) is 15.3. The predicted molar refractivity (Wildman–Crippen MR) is 104 cm³/mol. The molecule has 0 saturated carbocycles. The number of aromatic nitrogens is 1. The molecule has 0 bridgehead atoms. The summed E-state index contributed by atoms with van der Waals surface area (Å²) in [5.74, 6) is 0.665. The van der Waals surface area contributed by atoms with Crippen LogP contribution in [-0.2, 0) is 6.54 Å². The van der Waals surface area contributed by atoms with Crippen molar-refractivity contribution < 1.29 is 5.11 Å². The van der Waals surface area contributed by atoms with E-state index in [1.54, 1.807) is 23.1 Å². The Morgan fingerprint density at radius 2 is 1.83 bits per heavy atom. The van der Waals surface area contributed by atoms with Crippen LogP contribution in [0.15, 0.2) is 58.8 Å². The number of hydrogen-bond acceptors (Lipinski definition) is 5. The Morgan fingerprint density at radius 1 is 1.08 bits per heavy atom. The maximum atomic E-state index is 9.11. The van der Waals surface area contributed by atoms with Crippen molar-refractivity contribution in [1.82, 2.24) is 4.98 Å². The first kappa shape index (κ1) is 17.3. The quantitative estimate of drug-likeness (QED) is 0.559. The SMILES string of the molecule is OCCSc1sc(NCc2ccc(Cl)cc2)nc1-c1ccccc1. The molecule has 0 unspecified atom stereocenters. The molecule has 0 atom stereocenters. The van der Waals surface area contributed by atoms with Gasteiger partial charge in [-0.05, 0) is 17.7 Å². The van der Waals surface area contributed by atoms with E-state index in [0.29, 0.717) is 12.3 Å². The van der Waals surface area contributed by atoms with Gasteiger partial charge in [-0.3, -0.25) is 0 Å². The third kappa shape index (κ3) is 4.51. The van der Waals surface area contributed by atoms with Crippen LogP contribution in [0.4, 0.5) is 5.13 Å². The molecule has 124 valence electrons. The summed E-state index contributed by atoms with van der Waals surface area (Å²) in [6.45, 7) is 0.855. The Balaban J connectivity index is 1.78. The largest absolute Gasteiger partial charge is 0.396 e. The number of benzene rings is 2. The van der Waals surface area contributed by atoms with Crippen LogP contribution in [0.25, 0.3) is 11.3 Å². The van der Waals surface area contributed by atoms with Gasteiger partial charge in [0.15, 0.2) is 5.13 Å². The van der Waals surface area contributed by atoms with Crippen LogP contribution in [0.3, 0.4) is 0 Å². The van der Waals surface area contributed by atoms with Gasteiger partial charge in [-0.25, -0.2) is 4.98 Å². The fourth-order valence-electron chi connectivity index (χ4n) is 2.18. The molecular formula is C18H17ClN2OS2. The molecule has 6 heteroatoms. The highest BCUT2D eigenvalue weighted by Gasteiger charge is 2.13. The van der Waals surface area contributed by atoms with Crippen LogP contribution in [0.1, 0.15) is 5.56 Å². The normalized spacial score (nSPS) is 10.8. The molecule has 3 rings (SSSR count). The molecule has 0 aliphatic rings. The van der Waals surface area contributed by atoms with Crippen LogP contribution in [-0.4, -0.2) is 22.5 Å². The van der Waals surface area contributed by atoms with E-state index in [9.17, 15) is 0 Å². The molecular weight excluding hydrogens is 360 g/mol. The summed E-state index contributed by atoms with van der Waals surface area (Å²) in [7, 11) is 0. The number of aliphatic hydroxyl groups is 1. The second-order valence-electron chi connectivity index (χ2n) is 5.07. The van der Waals surface area contributed by atoms with Gasteiger partial charge in [0.25, 0.3) is 0 Å². The highest BCUT2D eigenvalue weighted by Crippen LogP contribution is 2.38. The molecule has 0 fully saturated rings. The minimum absolute atomic E-state index is 0.157. The number of nitrogens with zero attached hydrogens (tertiary/aromatic N) is 1. The first-order chi connectivity index (χ1) is 11.8. The summed E-state index contributed by atoms with van der Waals surface area (Å²) in [6, 6.07) is 17.9. The fraction of sp³-hybridized carbons (Fsp3) is 0.167. The number of hydrogen-bond donors (Lipinski definition) is 2. The molecule has 2 N–H and O–H groups in total. The molecule has 0 radical (unpaired) electrons. The molecule has 3 nitrogen and oxygen atoms in total. The number of nitrogens with one attached hydrogen (secondary N) is 1. The topological polar surface area (TPSA) is 45.1 Å². The van der Waals surface area contributed by atoms with Gasteiger partial charge >= 0.3 is 0 Å². The lowest BCUT2D eigenvalue weighted by Crippen LogP contribution is -1.98. The number of thioether (sulfide) groups is 1. The molecule has 1 heterocycles. The van der Waals surface area contributed by atoms with Crippen LogP contribution in [0.5, 0.6) is 0 Å². The lowest BCUT2D eigenvalue weighted by Gasteiger charge is -2.02. The first-order valence-corrected chi connectivity index (χ1v) is 9.72. The van der Waals surface area contributed by atoms with Gasteiger partial charge < -0.3 is 10.4 Å². The van der Waals surface area contributed by atoms with Gasteiger partial charge in [0.05, 0.1) is 16.5 Å². The van der Waals surface area contributed by atoms with Crippen molar-refractivity contribution in [2.75, 3.05) is 17.7 Å². The Bertz CT molecular complexity index is 775. The zero-order valence-electron chi connectivity index (χ0n) is 12.9. The first-order valence-electron chi connectivity index (χ1n) is 7.54. The number of rotatable bonds is 7. The van der Waals surface area contributed by atoms with E-state index in [2.05, 4.69) is 17.4 Å². The minimum Gasteiger partial charge on any atom is -0.396 e. The number of aliphatic hydroxyl groups excluding tert-OH is 1. The van der Waals surface area contributed by atoms with E-state index in [4.69, 9.17) is 21.7 Å². The molecule has 0 amide bonds. The molecule has 24 heavy (non-hydrogen) atoms. The molecule has 0 spiro atoms. The average molecular weight is 377 g/mol. The number of thiazole rings is 1. The van der Waals surface area contributed by atoms with Crippen LogP contribution in [0, 0.1) is 0 Å². The summed E-state index contributed by atoms with van der Waals surface area (Å²) in [5, 5.41) is 14.1. The van der Waals surface area contributed by atoms with Crippen molar-refractivity contribution >= 4 is 39.8 Å². The monoisotopic (exact) mass is 376 g/mol. The van der Waals surface area contributed by atoms with Gasteiger partial charge in [-0.1, -0.05) is 65.4 Å². The van der Waals surface area contributed by atoms with Crippen molar-refractivity contribution in [1.29, 1.82) is 0 Å². The van der Waals surface area contributed by atoms with Crippen molar-refractivity contribution in [2.24, 2.45) is 0 Å². The van der Waals surface area contributed by atoms with Gasteiger partial charge in [-0.15, -0.1) is 11.8 Å². The fourth-order valence-corrected chi connectivity index (χ4v) is 4.32. The summed E-state index contributed by atoms with van der Waals surface area (Å²) >= 11 is 9.17. The third-order valence-electron chi connectivity index (χ3n) is 3.32. The van der Waals surface area contributed by atoms with Gasteiger partial charge in [0, 0.05) is 22.9 Å². The van der Waals surface area contributed by atoms with Crippen molar-refractivity contribution in [2.45, 2.75) is 10.8 Å². The Kier molecular flexibility index (Phi) is 6.15. The molecule has 0 saturated heterocycles. The molecule has 2 aromatic carbocycles. The van der Waals surface area contributed by atoms with Crippen LogP contribution < -0.4 is 5.32 Å². The summed E-state index contributed by atoms with van der Waals surface area (Å²) in [5.41, 5.74) is 3.21. The lowest BCUT2D eigenvalue weighted by molar-refractivity contribution is 0.322. The number of halogens is 1. The van der Waals surface area contributed by atoms with E-state index >= 15 is 0 Å². The van der Waals surface area contributed by atoms with E-state index in [1.165, 1.54) is 0 Å². The van der Waals surface area contributed by atoms with Crippen molar-refractivity contribution in [3.8, 4) is 11.3 Å². The summed E-state index contributed by atoms with van der Waals surface area (Å²) < 4.78 is 1.12. The summed E-state index contributed by atoms with van der Waals surface area (Å²) in [6.07, 6.45) is 0.